The van der Waals surface area contributed by atoms with E-state index < -0.39 is 0 Å². The van der Waals surface area contributed by atoms with Crippen LogP contribution in [0.25, 0.3) is 0 Å². The van der Waals surface area contributed by atoms with Crippen LogP contribution < -0.4 is 14.4 Å². The molecule has 0 radical (unpaired) electrons. The molecule has 1 aromatic heterocycles. The van der Waals surface area contributed by atoms with Crippen molar-refractivity contribution in [2.24, 2.45) is 5.92 Å². The van der Waals surface area contributed by atoms with Crippen LogP contribution in [0.15, 0.2) is 12.1 Å². The van der Waals surface area contributed by atoms with Crippen LogP contribution in [-0.4, -0.2) is 42.5 Å². The summed E-state index contributed by atoms with van der Waals surface area (Å²) in [5.74, 6) is 1.64. The smallest absolute Gasteiger partial charge is 0.241 e. The van der Waals surface area contributed by atoms with Gasteiger partial charge in [0.05, 0.1) is 14.2 Å². The number of carbonyl (C=O) groups excluding carboxylic acids is 2. The van der Waals surface area contributed by atoms with Crippen molar-refractivity contribution in [3.63, 3.8) is 0 Å². The molecule has 1 aliphatic heterocycles. The van der Waals surface area contributed by atoms with Crippen LogP contribution in [0.5, 0.6) is 11.8 Å². The maximum atomic E-state index is 12.2. The van der Waals surface area contributed by atoms with Gasteiger partial charge in [0.1, 0.15) is 5.69 Å². The first-order valence-electron chi connectivity index (χ1n) is 6.58. The van der Waals surface area contributed by atoms with Crippen molar-refractivity contribution < 1.29 is 19.1 Å². The molecule has 21 heavy (non-hydrogen) atoms. The Bertz CT molecular complexity index is 550. The molecule has 1 unspecified atom stereocenters. The summed E-state index contributed by atoms with van der Waals surface area (Å²) in [4.78, 5) is 29.0. The van der Waals surface area contributed by atoms with Crippen LogP contribution in [0.4, 0.5) is 5.69 Å². The van der Waals surface area contributed by atoms with E-state index in [9.17, 15) is 9.59 Å². The fourth-order valence-electron chi connectivity index (χ4n) is 2.25. The zero-order valence-electron chi connectivity index (χ0n) is 12.3. The second kappa shape index (κ2) is 6.80. The predicted molar refractivity (Wildman–Crippen MR) is 80.9 cm³/mol. The Kier molecular flexibility index (Phi) is 5.06. The molecule has 2 heterocycles. The van der Waals surface area contributed by atoms with Crippen LogP contribution in [0, 0.1) is 5.92 Å². The minimum atomic E-state index is 0.0226. The number of methoxy groups -OCH3 is 2. The zero-order chi connectivity index (χ0) is 15.4. The Morgan fingerprint density at radius 2 is 2.19 bits per heavy atom. The summed E-state index contributed by atoms with van der Waals surface area (Å²) in [5.41, 5.74) is 0.638. The van der Waals surface area contributed by atoms with Crippen LogP contribution in [0.2, 0.25) is 0 Å². The lowest BCUT2D eigenvalue weighted by Crippen LogP contribution is -2.25. The zero-order valence-corrected chi connectivity index (χ0v) is 13.1. The molecule has 1 amide bonds. The molecule has 1 fully saturated rings. The van der Waals surface area contributed by atoms with E-state index in [-0.39, 0.29) is 16.9 Å². The van der Waals surface area contributed by atoms with Crippen LogP contribution in [0.3, 0.4) is 0 Å². The fraction of sp³-hybridized carbons (Fsp3) is 0.500. The van der Waals surface area contributed by atoms with Gasteiger partial charge in [-0.25, -0.2) is 0 Å². The molecule has 7 heteroatoms. The van der Waals surface area contributed by atoms with Gasteiger partial charge >= 0.3 is 0 Å². The Balaban J connectivity index is 2.14. The molecule has 0 spiro atoms. The molecule has 1 aromatic rings. The normalized spacial score (nSPS) is 18.0. The third kappa shape index (κ3) is 3.66. The molecule has 1 saturated heterocycles. The molecule has 2 rings (SSSR count). The number of pyridine rings is 1. The summed E-state index contributed by atoms with van der Waals surface area (Å²) in [7, 11) is 3.03. The second-order valence-corrected chi connectivity index (χ2v) is 5.96. The summed E-state index contributed by atoms with van der Waals surface area (Å²) >= 11 is 1.26. The number of amides is 1. The summed E-state index contributed by atoms with van der Waals surface area (Å²) in [5, 5.41) is 0.0737. The molecule has 1 aliphatic rings. The summed E-state index contributed by atoms with van der Waals surface area (Å²) in [6.45, 7) is 2.11. The van der Waals surface area contributed by atoms with Gasteiger partial charge in [-0.15, -0.1) is 0 Å². The Morgan fingerprint density at radius 3 is 2.81 bits per heavy atom. The van der Waals surface area contributed by atoms with Gasteiger partial charge in [-0.05, 0) is 12.0 Å². The van der Waals surface area contributed by atoms with Gasteiger partial charge in [0.2, 0.25) is 17.7 Å². The topological polar surface area (TPSA) is 68.7 Å². The highest BCUT2D eigenvalue weighted by molar-refractivity contribution is 8.13. The molecule has 1 atom stereocenters. The lowest BCUT2D eigenvalue weighted by atomic mass is 10.1. The number of rotatable bonds is 5. The first kappa shape index (κ1) is 15.6. The maximum Gasteiger partial charge on any atom is 0.241 e. The minimum Gasteiger partial charge on any atom is -0.481 e. The van der Waals surface area contributed by atoms with Crippen molar-refractivity contribution in [1.82, 2.24) is 4.98 Å². The van der Waals surface area contributed by atoms with Gasteiger partial charge in [-0.2, -0.15) is 4.98 Å². The van der Waals surface area contributed by atoms with Gasteiger partial charge in [0.25, 0.3) is 0 Å². The maximum absolute atomic E-state index is 12.2. The minimum absolute atomic E-state index is 0.0226. The molecule has 114 valence electrons. The van der Waals surface area contributed by atoms with Gasteiger partial charge < -0.3 is 14.4 Å². The van der Waals surface area contributed by atoms with E-state index in [4.69, 9.17) is 9.47 Å². The molecular formula is C14H18N2O4S. The molecule has 0 N–H and O–H groups in total. The highest BCUT2D eigenvalue weighted by atomic mass is 32.2. The number of hydrogen-bond donors (Lipinski definition) is 0. The van der Waals surface area contributed by atoms with E-state index in [1.807, 2.05) is 0 Å². The Morgan fingerprint density at radius 1 is 1.43 bits per heavy atom. The van der Waals surface area contributed by atoms with Gasteiger partial charge in [0.15, 0.2) is 5.12 Å². The van der Waals surface area contributed by atoms with Crippen molar-refractivity contribution in [2.45, 2.75) is 13.3 Å². The average molecular weight is 310 g/mol. The van der Waals surface area contributed by atoms with Crippen molar-refractivity contribution >= 4 is 28.5 Å². The number of hydrogen-bond acceptors (Lipinski definition) is 6. The molecule has 0 aliphatic carbocycles. The average Bonchev–Trinajstić information content (AvgIpc) is 2.85. The molecular weight excluding hydrogens is 292 g/mol. The summed E-state index contributed by atoms with van der Waals surface area (Å²) in [6, 6.07) is 3.46. The number of anilines is 1. The van der Waals surface area contributed by atoms with E-state index in [2.05, 4.69) is 4.98 Å². The van der Waals surface area contributed by atoms with E-state index in [1.54, 1.807) is 17.0 Å². The Labute approximate surface area is 127 Å². The fourth-order valence-corrected chi connectivity index (χ4v) is 2.94. The number of ether oxygens (including phenoxy) is 2. The van der Waals surface area contributed by atoms with E-state index in [0.717, 1.165) is 0 Å². The van der Waals surface area contributed by atoms with Crippen LogP contribution >= 0.6 is 11.8 Å². The van der Waals surface area contributed by atoms with E-state index >= 15 is 0 Å². The molecule has 6 nitrogen and oxygen atoms in total. The first-order chi connectivity index (χ1) is 10.0. The highest BCUT2D eigenvalue weighted by Gasteiger charge is 2.32. The lowest BCUT2D eigenvalue weighted by Gasteiger charge is -2.19. The monoisotopic (exact) mass is 310 g/mol. The quantitative estimate of drug-likeness (QED) is 0.825. The highest BCUT2D eigenvalue weighted by Crippen LogP contribution is 2.34. The van der Waals surface area contributed by atoms with Crippen molar-refractivity contribution in [3.05, 3.63) is 12.1 Å². The third-order valence-electron chi connectivity index (χ3n) is 3.24. The lowest BCUT2D eigenvalue weighted by molar-refractivity contribution is -0.117. The van der Waals surface area contributed by atoms with E-state index in [0.29, 0.717) is 36.2 Å². The van der Waals surface area contributed by atoms with Gasteiger partial charge in [-0.1, -0.05) is 11.8 Å². The Hall–Kier alpha value is -1.76. The molecule has 0 aromatic carbocycles. The summed E-state index contributed by atoms with van der Waals surface area (Å²) < 4.78 is 10.3. The predicted octanol–water partition coefficient (Wildman–Crippen LogP) is 1.73. The van der Waals surface area contributed by atoms with Crippen LogP contribution in [-0.2, 0) is 9.59 Å². The van der Waals surface area contributed by atoms with Gasteiger partial charge in [0, 0.05) is 31.7 Å². The van der Waals surface area contributed by atoms with Gasteiger partial charge in [-0.3, -0.25) is 9.59 Å². The van der Waals surface area contributed by atoms with Crippen molar-refractivity contribution in [3.8, 4) is 11.8 Å². The third-order valence-corrected chi connectivity index (χ3v) is 4.28. The number of aromatic nitrogens is 1. The number of nitrogens with zero attached hydrogens (tertiary/aromatic N) is 2. The second-order valence-electron chi connectivity index (χ2n) is 4.76. The first-order valence-corrected chi connectivity index (χ1v) is 7.56. The van der Waals surface area contributed by atoms with E-state index in [1.165, 1.54) is 32.9 Å². The largest absolute Gasteiger partial charge is 0.481 e. The molecule has 0 saturated carbocycles. The van der Waals surface area contributed by atoms with Crippen molar-refractivity contribution in [1.29, 1.82) is 0 Å². The van der Waals surface area contributed by atoms with Crippen LogP contribution in [0.1, 0.15) is 13.3 Å². The number of carbonyl (C=O) groups is 2. The molecule has 0 bridgehead atoms. The van der Waals surface area contributed by atoms with Crippen molar-refractivity contribution in [2.75, 3.05) is 31.4 Å². The number of thioether (sulfide) groups is 1. The standard InChI is InChI=1S/C14H18N2O4S/c1-9(17)21-8-10-6-13(18)16(7-10)11-4-5-12(19-2)15-14(11)20-3/h4-5,10H,6-8H2,1-3H3. The summed E-state index contributed by atoms with van der Waals surface area (Å²) in [6.07, 6.45) is 0.440. The SMILES string of the molecule is COc1ccc(N2CC(CSC(C)=O)CC2=O)c(OC)n1.